The zero-order valence-corrected chi connectivity index (χ0v) is 62.9. The number of halogens is 6. The quantitative estimate of drug-likeness (QED) is 0.0146. The number of hydrogen-bond acceptors (Lipinski definition) is 30. The first-order chi connectivity index (χ1) is 43.3. The Morgan fingerprint density at radius 2 is 1.05 bits per heavy atom. The Bertz CT molecular complexity index is 4270. The zero-order valence-electron chi connectivity index (χ0n) is 51.7. The molecule has 0 bridgehead atoms. The predicted octanol–water partition coefficient (Wildman–Crippen LogP) is 0.143. The molecule has 0 saturated heterocycles. The summed E-state index contributed by atoms with van der Waals surface area (Å²) < 4.78 is 136. The number of sulfone groups is 3. The molecule has 5 heterocycles. The number of benzene rings is 3. The van der Waals surface area contributed by atoms with Gasteiger partial charge >= 0.3 is 76.4 Å². The fourth-order valence-corrected chi connectivity index (χ4v) is 14.2. The van der Waals surface area contributed by atoms with Gasteiger partial charge in [-0.2, -0.15) is 0 Å². The molecule has 95 heavy (non-hydrogen) atoms. The van der Waals surface area contributed by atoms with Crippen molar-refractivity contribution in [2.75, 3.05) is 41.1 Å². The fraction of sp³-hybridized carbons (Fsp3) is 0.412. The summed E-state index contributed by atoms with van der Waals surface area (Å²) in [5.74, 6) is -3.21. The Labute approximate surface area is 608 Å². The minimum atomic E-state index is -3.18. The van der Waals surface area contributed by atoms with Crippen molar-refractivity contribution < 1.29 is 151 Å². The van der Waals surface area contributed by atoms with Crippen LogP contribution in [-0.2, 0) is 58.5 Å². The molecular weight excluding hydrogens is 1550 g/mol. The van der Waals surface area contributed by atoms with Crippen LogP contribution in [0.15, 0.2) is 106 Å². The van der Waals surface area contributed by atoms with Gasteiger partial charge in [0.05, 0.1) is 59.3 Å². The van der Waals surface area contributed by atoms with Crippen LogP contribution in [0.5, 0.6) is 0 Å². The molecule has 0 atom stereocenters. The van der Waals surface area contributed by atoms with E-state index in [0.717, 1.165) is 15.2 Å². The molecule has 44 heteroatoms. The van der Waals surface area contributed by atoms with Crippen molar-refractivity contribution in [3.63, 3.8) is 0 Å². The van der Waals surface area contributed by atoms with E-state index in [9.17, 15) is 63.3 Å². The minimum Gasteiger partial charge on any atom is -0.870 e. The maximum absolute atomic E-state index is 13.5. The van der Waals surface area contributed by atoms with Crippen LogP contribution in [0.1, 0.15) is 77.0 Å². The Hall–Kier alpha value is -5.74. The normalized spacial score (nSPS) is 11.3. The molecule has 0 radical (unpaired) electrons. The van der Waals surface area contributed by atoms with Crippen molar-refractivity contribution >= 4 is 95.3 Å². The van der Waals surface area contributed by atoms with Crippen LogP contribution in [0.25, 0.3) is 34.4 Å². The number of oxime groups is 1. The first kappa shape index (κ1) is 87.3. The van der Waals surface area contributed by atoms with Crippen molar-refractivity contribution in [3.8, 4) is 34.4 Å². The SMILES string of the molecule is CC(C)CS(=O)(=O)CCCc1nonc1-c1noc(=O)n1-c1ccc(F)c(Br)c1.CC(C)CS(=O)(=O)CCCc1nonc1/C(Cc1ccc(F)c(Br)c1)=N/O.CC(C)CS(=O)(=O)CCN.O=CO[O-].O=c1onc(-c2nonc2[N+](=O)[O-])n1-c1ccc(F)c(Br)c1.[Na+].[Na+].[OH-]. The molecule has 0 aliphatic heterocycles. The Morgan fingerprint density at radius 3 is 1.47 bits per heavy atom. The van der Waals surface area contributed by atoms with Crippen LogP contribution in [0, 0.1) is 45.3 Å². The molecule has 0 aliphatic rings. The molecule has 8 rings (SSSR count). The van der Waals surface area contributed by atoms with E-state index in [0.29, 0.717) is 46.4 Å². The van der Waals surface area contributed by atoms with E-state index in [2.05, 4.69) is 108 Å². The van der Waals surface area contributed by atoms with E-state index in [4.69, 9.17) is 29.6 Å². The molecule has 0 saturated carbocycles. The fourth-order valence-electron chi connectivity index (χ4n) is 7.96. The number of nitrogens with two attached hydrogens (primary N) is 1. The van der Waals surface area contributed by atoms with Gasteiger partial charge in [-0.05, 0) is 166 Å². The van der Waals surface area contributed by atoms with Gasteiger partial charge in [0.25, 0.3) is 12.2 Å². The first-order valence-electron chi connectivity index (χ1n) is 26.6. The molecule has 0 amide bonds. The molecule has 8 aromatic rings. The maximum Gasteiger partial charge on any atom is 1.00 e. The second kappa shape index (κ2) is 41.5. The number of hydrogen-bond donors (Lipinski definition) is 2. The molecule has 3 aromatic carbocycles. The second-order valence-electron chi connectivity index (χ2n) is 20.4. The first-order valence-corrected chi connectivity index (χ1v) is 34.5. The van der Waals surface area contributed by atoms with E-state index in [1.807, 2.05) is 41.5 Å². The van der Waals surface area contributed by atoms with Crippen molar-refractivity contribution in [2.45, 2.75) is 73.6 Å². The van der Waals surface area contributed by atoms with E-state index >= 15 is 0 Å². The summed E-state index contributed by atoms with van der Waals surface area (Å²) in [6, 6.07) is 12.0. The van der Waals surface area contributed by atoms with Gasteiger partial charge < -0.3 is 36.7 Å². The van der Waals surface area contributed by atoms with Gasteiger partial charge in [0, 0.05) is 13.0 Å². The summed E-state index contributed by atoms with van der Waals surface area (Å²) in [6.45, 7) is 11.2. The van der Waals surface area contributed by atoms with E-state index in [1.165, 1.54) is 36.4 Å². The third-order valence-corrected chi connectivity index (χ3v) is 19.5. The summed E-state index contributed by atoms with van der Waals surface area (Å²) in [6.07, 6.45) is 1.42. The van der Waals surface area contributed by atoms with Gasteiger partial charge in [-0.3, -0.25) is 13.8 Å². The second-order valence-corrected chi connectivity index (χ2v) is 29.7. The Kier molecular flexibility index (Phi) is 38.1. The third kappa shape index (κ3) is 28.0. The van der Waals surface area contributed by atoms with Gasteiger partial charge in [-0.25, -0.2) is 66.4 Å². The van der Waals surface area contributed by atoms with Crippen LogP contribution in [0.3, 0.4) is 0 Å². The average molecular weight is 1610 g/mol. The molecule has 0 unspecified atom stereocenters. The summed E-state index contributed by atoms with van der Waals surface area (Å²) >= 11 is 9.15. The van der Waals surface area contributed by atoms with Crippen LogP contribution < -0.4 is 81.6 Å². The molecule has 5 aromatic heterocycles. The summed E-state index contributed by atoms with van der Waals surface area (Å²) in [7, 11) is -9.16. The topological polar surface area (TPSA) is 496 Å². The molecule has 4 N–H and O–H groups in total. The van der Waals surface area contributed by atoms with Gasteiger partial charge in [0.15, 0.2) is 46.1 Å². The zero-order chi connectivity index (χ0) is 68.7. The number of carbonyl (C=O) groups excluding carboxylic acids is 1. The van der Waals surface area contributed by atoms with Crippen molar-refractivity contribution in [3.05, 3.63) is 139 Å². The number of carbonyl (C=O) groups is 1. The standard InChI is InChI=1S/C17H18BrFN4O5S.C17H21BrFN3O4S.C10H3BrFN5O5.C6H15NO2S.CH2O3.2Na.H2O/c1-10(2)9-29(25,26)7-3-4-14-15(21-28-20-14)16-22-27-17(24)23(16)11-5-6-13(19)12(18)8-11;1-11(2)10-27(24,25)7-3-4-15-17(22-26-21-15)16(20-23)9-12-5-6-14(19)13(18)8-12;11-5-3-4(1-2-6(5)12)16-8(14-21-10(16)18)7-9(17(19)20)15-22-13-7;1-6(2)5-10(8,9)4-3-7;2-1-4-3;;;/h5-6,8,10H,3-4,7,9H2,1-2H3;5-6,8,11,23H,3-4,7,9-10H2,1-2H3;1-3H;6H,3-5,7H2,1-2H3;1,3H;;;1H2/q;;;;;2*+1;/p-2/b;20-16+;;;;;;. The van der Waals surface area contributed by atoms with Crippen LogP contribution >= 0.6 is 47.8 Å². The van der Waals surface area contributed by atoms with Crippen LogP contribution in [0.4, 0.5) is 19.0 Å². The third-order valence-electron chi connectivity index (χ3n) is 11.4. The summed E-state index contributed by atoms with van der Waals surface area (Å²) in [4.78, 5) is 45.2. The van der Waals surface area contributed by atoms with Crippen molar-refractivity contribution in [1.29, 1.82) is 0 Å². The molecule has 510 valence electrons. The maximum atomic E-state index is 13.5. The number of aryl methyl sites for hydroxylation is 2. The Morgan fingerprint density at radius 1 is 0.653 bits per heavy atom. The number of rotatable bonds is 25. The summed E-state index contributed by atoms with van der Waals surface area (Å²) in [5, 5.41) is 60.7. The largest absolute Gasteiger partial charge is 1.00 e. The number of nitro groups is 1. The van der Waals surface area contributed by atoms with Crippen LogP contribution in [0.2, 0.25) is 0 Å². The predicted molar refractivity (Wildman–Crippen MR) is 328 cm³/mol. The van der Waals surface area contributed by atoms with Gasteiger partial charge in [0.2, 0.25) is 11.6 Å². The van der Waals surface area contributed by atoms with Gasteiger partial charge in [-0.15, -0.1) is 4.63 Å². The van der Waals surface area contributed by atoms with E-state index < -0.39 is 74.9 Å². The summed E-state index contributed by atoms with van der Waals surface area (Å²) in [5.41, 5.74) is 7.25. The van der Waals surface area contributed by atoms with Gasteiger partial charge in [0.1, 0.15) is 34.6 Å². The van der Waals surface area contributed by atoms with Crippen LogP contribution in [-0.4, -0.2) is 144 Å². The molecule has 0 spiro atoms. The molecule has 33 nitrogen and oxygen atoms in total. The van der Waals surface area contributed by atoms with Gasteiger partial charge in [-0.1, -0.05) is 73.4 Å². The minimum absolute atomic E-state index is 0. The molecule has 0 fully saturated rings. The van der Waals surface area contributed by atoms with Crippen molar-refractivity contribution in [2.24, 2.45) is 28.6 Å². The number of nitrogens with zero attached hydrogens (tertiary/aromatic N) is 12. The molecular formula is C51H59Br3F3N13Na2O20S3. The molecule has 0 aliphatic carbocycles. The average Bonchev–Trinajstić information content (AvgIpc) is 1.67. The Balaban J connectivity index is 0.000000641. The van der Waals surface area contributed by atoms with E-state index in [-0.39, 0.29) is 186 Å². The van der Waals surface area contributed by atoms with Crippen molar-refractivity contribution in [1.82, 2.24) is 50.4 Å². The smallest absolute Gasteiger partial charge is 0.870 e. The number of aromatic nitrogens is 10. The monoisotopic (exact) mass is 1610 g/mol. The van der Waals surface area contributed by atoms with E-state index in [1.54, 1.807) is 12.1 Å².